The second kappa shape index (κ2) is 3.06. The number of nitrogens with zero attached hydrogens (tertiary/aromatic N) is 1. The summed E-state index contributed by atoms with van der Waals surface area (Å²) in [5.74, 6) is -0.768. The number of hydrogen-bond acceptors (Lipinski definition) is 4. The van der Waals surface area contributed by atoms with Gasteiger partial charge in [0, 0.05) is 5.56 Å². The third kappa shape index (κ3) is 1.11. The Bertz CT molecular complexity index is 390. The second-order valence-electron chi connectivity index (χ2n) is 3.10. The topological polar surface area (TPSA) is 81.0 Å². The molecule has 3 N–H and O–H groups in total. The monoisotopic (exact) mass is 195 g/mol. The van der Waals surface area contributed by atoms with Crippen molar-refractivity contribution in [3.8, 4) is 0 Å². The van der Waals surface area contributed by atoms with Crippen molar-refractivity contribution in [3.63, 3.8) is 0 Å². The lowest BCUT2D eigenvalue weighted by atomic mass is 10.1. The highest BCUT2D eigenvalue weighted by Gasteiger charge is 2.35. The number of amides is 1. The van der Waals surface area contributed by atoms with Crippen LogP contribution in [0.2, 0.25) is 0 Å². The van der Waals surface area contributed by atoms with Crippen LogP contribution in [0, 0.1) is 0 Å². The molecule has 0 fully saturated rings. The summed E-state index contributed by atoms with van der Waals surface area (Å²) in [6.07, 6.45) is -1.33. The maximum atomic E-state index is 11.1. The normalized spacial score (nSPS) is 20.1. The van der Waals surface area contributed by atoms with Gasteiger partial charge in [-0.3, -0.25) is 10.0 Å². The van der Waals surface area contributed by atoms with Gasteiger partial charge in [-0.25, -0.2) is 0 Å². The number of hydroxylamine groups is 1. The summed E-state index contributed by atoms with van der Waals surface area (Å²) < 4.78 is 0. The fourth-order valence-corrected chi connectivity index (χ4v) is 1.48. The average molecular weight is 195 g/mol. The molecule has 0 radical (unpaired) electrons. The van der Waals surface area contributed by atoms with E-state index in [-0.39, 0.29) is 12.3 Å². The molecular formula is C9H9NO4. The Hall–Kier alpha value is -1.43. The molecule has 1 aliphatic rings. The lowest BCUT2D eigenvalue weighted by molar-refractivity contribution is -0.130. The summed E-state index contributed by atoms with van der Waals surface area (Å²) >= 11 is 0. The SMILES string of the molecule is O=C1C(O)c2cc(CO)ccc2N1O. The third-order valence-electron chi connectivity index (χ3n) is 2.24. The zero-order chi connectivity index (χ0) is 10.3. The molecule has 2 rings (SSSR count). The van der Waals surface area contributed by atoms with E-state index in [1.54, 1.807) is 6.07 Å². The summed E-state index contributed by atoms with van der Waals surface area (Å²) in [5.41, 5.74) is 1.18. The van der Waals surface area contributed by atoms with Crippen molar-refractivity contribution in [1.29, 1.82) is 0 Å². The molecule has 14 heavy (non-hydrogen) atoms. The standard InChI is InChI=1S/C9H9NO4/c11-4-5-1-2-7-6(3-5)8(12)9(13)10(7)14/h1-3,8,11-12,14H,4H2. The van der Waals surface area contributed by atoms with Crippen LogP contribution in [-0.4, -0.2) is 21.3 Å². The molecule has 0 saturated heterocycles. The van der Waals surface area contributed by atoms with E-state index in [0.29, 0.717) is 16.2 Å². The van der Waals surface area contributed by atoms with Gasteiger partial charge in [0.25, 0.3) is 5.91 Å². The fourth-order valence-electron chi connectivity index (χ4n) is 1.48. The molecule has 5 heteroatoms. The van der Waals surface area contributed by atoms with Gasteiger partial charge in [0.15, 0.2) is 6.10 Å². The quantitative estimate of drug-likeness (QED) is 0.549. The van der Waals surface area contributed by atoms with Crippen LogP contribution in [0.15, 0.2) is 18.2 Å². The largest absolute Gasteiger partial charge is 0.392 e. The van der Waals surface area contributed by atoms with Crippen LogP contribution in [0.3, 0.4) is 0 Å². The van der Waals surface area contributed by atoms with Crippen LogP contribution in [0.1, 0.15) is 17.2 Å². The Morgan fingerprint density at radius 2 is 2.14 bits per heavy atom. The minimum atomic E-state index is -1.33. The van der Waals surface area contributed by atoms with Crippen LogP contribution in [-0.2, 0) is 11.4 Å². The lowest BCUT2D eigenvalue weighted by Crippen LogP contribution is -2.24. The van der Waals surface area contributed by atoms with E-state index in [1.165, 1.54) is 12.1 Å². The van der Waals surface area contributed by atoms with Crippen LogP contribution in [0.5, 0.6) is 0 Å². The molecule has 1 aliphatic heterocycles. The number of fused-ring (bicyclic) bond motifs is 1. The summed E-state index contributed by atoms with van der Waals surface area (Å²) in [6.45, 7) is -0.167. The van der Waals surface area contributed by atoms with Crippen molar-refractivity contribution in [2.24, 2.45) is 0 Å². The van der Waals surface area contributed by atoms with Crippen molar-refractivity contribution in [2.45, 2.75) is 12.7 Å². The van der Waals surface area contributed by atoms with E-state index in [9.17, 15) is 15.1 Å². The van der Waals surface area contributed by atoms with Crippen molar-refractivity contribution < 1.29 is 20.2 Å². The molecule has 1 atom stereocenters. The van der Waals surface area contributed by atoms with Gasteiger partial charge in [-0.2, -0.15) is 5.06 Å². The molecule has 0 spiro atoms. The van der Waals surface area contributed by atoms with Gasteiger partial charge >= 0.3 is 0 Å². The first kappa shape index (κ1) is 9.14. The zero-order valence-electron chi connectivity index (χ0n) is 7.21. The first-order chi connectivity index (χ1) is 6.65. The van der Waals surface area contributed by atoms with Gasteiger partial charge in [-0.1, -0.05) is 6.07 Å². The van der Waals surface area contributed by atoms with Crippen LogP contribution in [0.25, 0.3) is 0 Å². The molecule has 0 aliphatic carbocycles. The maximum Gasteiger partial charge on any atom is 0.284 e. The Morgan fingerprint density at radius 1 is 1.43 bits per heavy atom. The highest BCUT2D eigenvalue weighted by atomic mass is 16.5. The molecule has 5 nitrogen and oxygen atoms in total. The van der Waals surface area contributed by atoms with Crippen LogP contribution < -0.4 is 5.06 Å². The van der Waals surface area contributed by atoms with Crippen LogP contribution >= 0.6 is 0 Å². The summed E-state index contributed by atoms with van der Waals surface area (Å²) in [5, 5.41) is 27.9. The van der Waals surface area contributed by atoms with E-state index in [0.717, 1.165) is 0 Å². The summed E-state index contributed by atoms with van der Waals surface area (Å²) in [6, 6.07) is 4.55. The molecular weight excluding hydrogens is 186 g/mol. The summed E-state index contributed by atoms with van der Waals surface area (Å²) in [4.78, 5) is 11.1. The van der Waals surface area contributed by atoms with Crippen molar-refractivity contribution in [3.05, 3.63) is 29.3 Å². The third-order valence-corrected chi connectivity index (χ3v) is 2.24. The predicted molar refractivity (Wildman–Crippen MR) is 46.6 cm³/mol. The fraction of sp³-hybridized carbons (Fsp3) is 0.222. The minimum Gasteiger partial charge on any atom is -0.392 e. The smallest absolute Gasteiger partial charge is 0.284 e. The van der Waals surface area contributed by atoms with Crippen molar-refractivity contribution in [2.75, 3.05) is 5.06 Å². The maximum absolute atomic E-state index is 11.1. The van der Waals surface area contributed by atoms with Crippen molar-refractivity contribution in [1.82, 2.24) is 0 Å². The number of rotatable bonds is 1. The Kier molecular flexibility index (Phi) is 1.99. The van der Waals surface area contributed by atoms with Gasteiger partial charge in [-0.15, -0.1) is 0 Å². The van der Waals surface area contributed by atoms with Crippen molar-refractivity contribution >= 4 is 11.6 Å². The van der Waals surface area contributed by atoms with Gasteiger partial charge < -0.3 is 10.2 Å². The highest BCUT2D eigenvalue weighted by molar-refractivity contribution is 6.01. The number of benzene rings is 1. The number of carbonyl (C=O) groups excluding carboxylic acids is 1. The second-order valence-corrected chi connectivity index (χ2v) is 3.10. The number of anilines is 1. The molecule has 1 amide bonds. The molecule has 0 bridgehead atoms. The van der Waals surface area contributed by atoms with E-state index in [1.807, 2.05) is 0 Å². The highest BCUT2D eigenvalue weighted by Crippen LogP contribution is 2.34. The Labute approximate surface area is 79.8 Å². The van der Waals surface area contributed by atoms with E-state index < -0.39 is 12.0 Å². The van der Waals surface area contributed by atoms with Gasteiger partial charge in [0.2, 0.25) is 0 Å². The lowest BCUT2D eigenvalue weighted by Gasteiger charge is -2.06. The average Bonchev–Trinajstić information content (AvgIpc) is 2.44. The molecule has 0 saturated carbocycles. The molecule has 0 aromatic heterocycles. The number of aliphatic hydroxyl groups is 2. The molecule has 1 aromatic carbocycles. The zero-order valence-corrected chi connectivity index (χ0v) is 7.21. The minimum absolute atomic E-state index is 0.167. The summed E-state index contributed by atoms with van der Waals surface area (Å²) in [7, 11) is 0. The van der Waals surface area contributed by atoms with Gasteiger partial charge in [-0.05, 0) is 17.7 Å². The van der Waals surface area contributed by atoms with Gasteiger partial charge in [0.1, 0.15) is 0 Å². The molecule has 1 unspecified atom stereocenters. The first-order valence-electron chi connectivity index (χ1n) is 4.09. The van der Waals surface area contributed by atoms with Crippen LogP contribution in [0.4, 0.5) is 5.69 Å². The predicted octanol–water partition coefficient (Wildman–Crippen LogP) is -0.0519. The number of aliphatic hydroxyl groups excluding tert-OH is 2. The molecule has 1 heterocycles. The number of carbonyl (C=O) groups is 1. The Balaban J connectivity index is 2.53. The number of hydrogen-bond donors (Lipinski definition) is 3. The molecule has 1 aromatic rings. The van der Waals surface area contributed by atoms with E-state index in [2.05, 4.69) is 0 Å². The first-order valence-corrected chi connectivity index (χ1v) is 4.09. The van der Waals surface area contributed by atoms with Gasteiger partial charge in [0.05, 0.1) is 12.3 Å². The van der Waals surface area contributed by atoms with E-state index in [4.69, 9.17) is 5.11 Å². The molecule has 74 valence electrons. The van der Waals surface area contributed by atoms with E-state index >= 15 is 0 Å². The Morgan fingerprint density at radius 3 is 2.79 bits per heavy atom.